The minimum atomic E-state index is -1.26. The van der Waals surface area contributed by atoms with Crippen LogP contribution in [0.4, 0.5) is 10.1 Å². The molecule has 0 atom stereocenters. The van der Waals surface area contributed by atoms with Crippen molar-refractivity contribution < 1.29 is 14.3 Å². The first-order valence-electron chi connectivity index (χ1n) is 5.83. The number of aromatic carboxylic acids is 1. The van der Waals surface area contributed by atoms with Crippen LogP contribution in [0.3, 0.4) is 0 Å². The van der Waals surface area contributed by atoms with Crippen LogP contribution in [0, 0.1) is 19.7 Å². The van der Waals surface area contributed by atoms with Crippen LogP contribution in [-0.4, -0.2) is 16.1 Å². The first kappa shape index (κ1) is 14.3. The number of aromatic nitrogens is 1. The zero-order chi connectivity index (χ0) is 14.9. The number of rotatable bonds is 3. The van der Waals surface area contributed by atoms with E-state index in [1.807, 2.05) is 26.0 Å². The molecule has 6 heteroatoms. The molecule has 0 amide bonds. The number of aryl methyl sites for hydroxylation is 2. The van der Waals surface area contributed by atoms with Crippen LogP contribution in [0.2, 0.25) is 0 Å². The number of hydrogen-bond donors (Lipinski definition) is 2. The van der Waals surface area contributed by atoms with Gasteiger partial charge in [0.15, 0.2) is 0 Å². The van der Waals surface area contributed by atoms with Crippen molar-refractivity contribution in [3.8, 4) is 0 Å². The van der Waals surface area contributed by atoms with Gasteiger partial charge in [0.1, 0.15) is 10.8 Å². The Hall–Kier alpha value is -2.08. The van der Waals surface area contributed by atoms with E-state index in [0.717, 1.165) is 29.1 Å². The molecule has 0 spiro atoms. The van der Waals surface area contributed by atoms with Crippen LogP contribution in [0.15, 0.2) is 34.2 Å². The summed E-state index contributed by atoms with van der Waals surface area (Å²) in [6, 6.07) is 6.32. The maximum absolute atomic E-state index is 13.4. The van der Waals surface area contributed by atoms with Gasteiger partial charge in [-0.05, 0) is 43.7 Å². The molecule has 0 saturated carbocycles. The molecule has 1 aromatic carbocycles. The number of nitrogen functional groups attached to an aromatic ring is 1. The SMILES string of the molecule is Cc1cc(C)nc(Sc2ccc(F)c(N)c2C(=O)O)c1. The monoisotopic (exact) mass is 292 g/mol. The second kappa shape index (κ2) is 5.50. The molecular weight excluding hydrogens is 279 g/mol. The van der Waals surface area contributed by atoms with Gasteiger partial charge in [0, 0.05) is 10.6 Å². The molecule has 104 valence electrons. The number of carboxylic acids is 1. The number of carboxylic acid groups (broad SMARTS) is 1. The minimum absolute atomic E-state index is 0.226. The quantitative estimate of drug-likeness (QED) is 0.849. The van der Waals surface area contributed by atoms with Gasteiger partial charge >= 0.3 is 5.97 Å². The van der Waals surface area contributed by atoms with Crippen molar-refractivity contribution in [3.05, 3.63) is 46.9 Å². The Kier molecular flexibility index (Phi) is 3.94. The van der Waals surface area contributed by atoms with E-state index in [0.29, 0.717) is 9.92 Å². The van der Waals surface area contributed by atoms with Crippen molar-refractivity contribution in [1.29, 1.82) is 0 Å². The van der Waals surface area contributed by atoms with Crippen LogP contribution in [0.5, 0.6) is 0 Å². The molecule has 0 aliphatic heterocycles. The number of nitrogens with two attached hydrogens (primary N) is 1. The van der Waals surface area contributed by atoms with Crippen molar-refractivity contribution >= 4 is 23.4 Å². The average Bonchev–Trinajstić information content (AvgIpc) is 2.32. The fraction of sp³-hybridized carbons (Fsp3) is 0.143. The first-order chi connectivity index (χ1) is 9.38. The molecule has 1 heterocycles. The van der Waals surface area contributed by atoms with Crippen LogP contribution >= 0.6 is 11.8 Å². The lowest BCUT2D eigenvalue weighted by Gasteiger charge is -2.09. The highest BCUT2D eigenvalue weighted by atomic mass is 32.2. The number of anilines is 1. The van der Waals surface area contributed by atoms with Crippen LogP contribution in [-0.2, 0) is 0 Å². The molecular formula is C14H13FN2O2S. The Balaban J connectivity index is 2.48. The highest BCUT2D eigenvalue weighted by Crippen LogP contribution is 2.33. The van der Waals surface area contributed by atoms with E-state index in [9.17, 15) is 14.3 Å². The second-order valence-corrected chi connectivity index (χ2v) is 5.43. The fourth-order valence-electron chi connectivity index (χ4n) is 1.85. The first-order valence-corrected chi connectivity index (χ1v) is 6.64. The lowest BCUT2D eigenvalue weighted by molar-refractivity contribution is 0.0694. The van der Waals surface area contributed by atoms with Crippen molar-refractivity contribution in [2.75, 3.05) is 5.73 Å². The van der Waals surface area contributed by atoms with E-state index in [-0.39, 0.29) is 11.3 Å². The summed E-state index contributed by atoms with van der Waals surface area (Å²) in [6.07, 6.45) is 0. The summed E-state index contributed by atoms with van der Waals surface area (Å²) in [6.45, 7) is 3.78. The molecule has 2 aromatic rings. The maximum Gasteiger partial charge on any atom is 0.339 e. The topological polar surface area (TPSA) is 76.2 Å². The summed E-state index contributed by atoms with van der Waals surface area (Å²) in [5.41, 5.74) is 6.78. The Labute approximate surface area is 119 Å². The molecule has 3 N–H and O–H groups in total. The van der Waals surface area contributed by atoms with E-state index in [1.165, 1.54) is 6.07 Å². The molecule has 0 aliphatic rings. The molecule has 2 rings (SSSR count). The van der Waals surface area contributed by atoms with Crippen LogP contribution < -0.4 is 5.73 Å². The van der Waals surface area contributed by atoms with Gasteiger partial charge in [-0.1, -0.05) is 11.8 Å². The van der Waals surface area contributed by atoms with Gasteiger partial charge in [-0.3, -0.25) is 0 Å². The van der Waals surface area contributed by atoms with Crippen molar-refractivity contribution in [1.82, 2.24) is 4.98 Å². The zero-order valence-electron chi connectivity index (χ0n) is 11.0. The summed E-state index contributed by atoms with van der Waals surface area (Å²) < 4.78 is 13.4. The molecule has 0 aliphatic carbocycles. The van der Waals surface area contributed by atoms with Crippen LogP contribution in [0.1, 0.15) is 21.6 Å². The molecule has 0 unspecified atom stereocenters. The molecule has 4 nitrogen and oxygen atoms in total. The summed E-state index contributed by atoms with van der Waals surface area (Å²) >= 11 is 1.16. The number of nitrogens with zero attached hydrogens (tertiary/aromatic N) is 1. The number of carbonyl (C=O) groups is 1. The number of benzene rings is 1. The third kappa shape index (κ3) is 2.91. The van der Waals surface area contributed by atoms with Gasteiger partial charge < -0.3 is 10.8 Å². The summed E-state index contributed by atoms with van der Waals surface area (Å²) in [7, 11) is 0. The average molecular weight is 292 g/mol. The van der Waals surface area contributed by atoms with Gasteiger partial charge in [0.05, 0.1) is 11.3 Å². The highest BCUT2D eigenvalue weighted by molar-refractivity contribution is 7.99. The lowest BCUT2D eigenvalue weighted by atomic mass is 10.2. The maximum atomic E-state index is 13.4. The Morgan fingerprint density at radius 1 is 1.35 bits per heavy atom. The van der Waals surface area contributed by atoms with Crippen molar-refractivity contribution in [2.45, 2.75) is 23.8 Å². The molecule has 0 saturated heterocycles. The van der Waals surface area contributed by atoms with E-state index in [2.05, 4.69) is 4.98 Å². The van der Waals surface area contributed by atoms with E-state index < -0.39 is 11.8 Å². The number of pyridine rings is 1. The van der Waals surface area contributed by atoms with Gasteiger partial charge in [-0.25, -0.2) is 14.2 Å². The minimum Gasteiger partial charge on any atom is -0.478 e. The largest absolute Gasteiger partial charge is 0.478 e. The third-order valence-corrected chi connectivity index (χ3v) is 3.64. The van der Waals surface area contributed by atoms with Crippen molar-refractivity contribution in [3.63, 3.8) is 0 Å². The zero-order valence-corrected chi connectivity index (χ0v) is 11.8. The van der Waals surface area contributed by atoms with E-state index in [4.69, 9.17) is 5.73 Å². The normalized spacial score (nSPS) is 10.6. The van der Waals surface area contributed by atoms with E-state index >= 15 is 0 Å². The van der Waals surface area contributed by atoms with Crippen LogP contribution in [0.25, 0.3) is 0 Å². The van der Waals surface area contributed by atoms with Gasteiger partial charge in [0.25, 0.3) is 0 Å². The molecule has 0 bridgehead atoms. The summed E-state index contributed by atoms with van der Waals surface area (Å²) in [4.78, 5) is 15.9. The fourth-order valence-corrected chi connectivity index (χ4v) is 2.94. The number of hydrogen-bond acceptors (Lipinski definition) is 4. The Morgan fingerprint density at radius 2 is 2.05 bits per heavy atom. The van der Waals surface area contributed by atoms with Gasteiger partial charge in [-0.2, -0.15) is 0 Å². The Morgan fingerprint density at radius 3 is 2.65 bits per heavy atom. The third-order valence-electron chi connectivity index (χ3n) is 2.66. The smallest absolute Gasteiger partial charge is 0.339 e. The molecule has 20 heavy (non-hydrogen) atoms. The van der Waals surface area contributed by atoms with Crippen molar-refractivity contribution in [2.24, 2.45) is 0 Å². The summed E-state index contributed by atoms with van der Waals surface area (Å²) in [5, 5.41) is 9.83. The molecule has 1 aromatic heterocycles. The lowest BCUT2D eigenvalue weighted by Crippen LogP contribution is -2.06. The van der Waals surface area contributed by atoms with E-state index in [1.54, 1.807) is 0 Å². The molecule has 0 radical (unpaired) electrons. The summed E-state index contributed by atoms with van der Waals surface area (Å²) in [5.74, 6) is -1.99. The molecule has 0 fully saturated rings. The standard InChI is InChI=1S/C14H13FN2O2S/c1-7-5-8(2)17-11(6-7)20-10-4-3-9(15)13(16)12(10)14(18)19/h3-6H,16H2,1-2H3,(H,18,19). The van der Waals surface area contributed by atoms with Gasteiger partial charge in [0.2, 0.25) is 0 Å². The number of halogens is 1. The predicted molar refractivity (Wildman–Crippen MR) is 75.6 cm³/mol. The Bertz CT molecular complexity index is 669. The van der Waals surface area contributed by atoms with Gasteiger partial charge in [-0.15, -0.1) is 0 Å². The highest BCUT2D eigenvalue weighted by Gasteiger charge is 2.18. The second-order valence-electron chi connectivity index (χ2n) is 4.37. The predicted octanol–water partition coefficient (Wildman–Crippen LogP) is 3.27.